The molecule has 0 bridgehead atoms. The molecule has 2 rings (SSSR count). The molecule has 27 heavy (non-hydrogen) atoms. The minimum Gasteiger partial charge on any atom is -0.744 e. The summed E-state index contributed by atoms with van der Waals surface area (Å²) in [4.78, 5) is -0.515. The van der Waals surface area contributed by atoms with E-state index in [0.717, 1.165) is 0 Å². The topological polar surface area (TPSA) is 298 Å². The van der Waals surface area contributed by atoms with E-state index in [0.29, 0.717) is 11.4 Å². The molecule has 0 aromatic heterocycles. The Balaban J connectivity index is -0.000000101. The Bertz CT molecular complexity index is 767. The van der Waals surface area contributed by atoms with Gasteiger partial charge in [0.2, 0.25) is 0 Å². The zero-order chi connectivity index (χ0) is 17.0. The van der Waals surface area contributed by atoms with Crippen molar-refractivity contribution < 1.29 is 64.3 Å². The van der Waals surface area contributed by atoms with E-state index in [2.05, 4.69) is 0 Å². The molecule has 2 aromatic rings. The molecular formula is C12H24N2NiO10S2+4. The van der Waals surface area contributed by atoms with Crippen LogP contribution in [-0.4, -0.2) is 25.9 Å². The van der Waals surface area contributed by atoms with Crippen molar-refractivity contribution >= 4 is 31.6 Å². The van der Waals surface area contributed by atoms with Crippen LogP contribution in [0.4, 0.5) is 11.4 Å². The minimum atomic E-state index is -4.33. The maximum Gasteiger partial charge on any atom is 2.00 e. The van der Waals surface area contributed by atoms with Crippen LogP contribution >= 0.6 is 0 Å². The predicted molar refractivity (Wildman–Crippen MR) is 97.1 cm³/mol. The first-order valence-electron chi connectivity index (χ1n) is 5.63. The molecule has 0 radical (unpaired) electrons. The average molecular weight is 479 g/mol. The van der Waals surface area contributed by atoms with Crippen molar-refractivity contribution in [2.24, 2.45) is 0 Å². The number of nitrogens with two attached hydrogens (primary N) is 2. The summed E-state index contributed by atoms with van der Waals surface area (Å²) in [5.74, 6) is 0. The molecule has 0 saturated carbocycles. The minimum absolute atomic E-state index is 0. The summed E-state index contributed by atoms with van der Waals surface area (Å²) in [5, 5.41) is 0. The van der Waals surface area contributed by atoms with Crippen molar-refractivity contribution in [1.29, 1.82) is 0 Å². The second-order valence-corrected chi connectivity index (χ2v) is 6.81. The Morgan fingerprint density at radius 2 is 0.741 bits per heavy atom. The zero-order valence-electron chi connectivity index (χ0n) is 13.7. The Labute approximate surface area is 165 Å². The molecule has 0 spiro atoms. The molecule has 0 unspecified atom stereocenters. The van der Waals surface area contributed by atoms with Crippen LogP contribution in [0.2, 0.25) is 0 Å². The summed E-state index contributed by atoms with van der Waals surface area (Å²) in [7, 11) is -8.65. The van der Waals surface area contributed by atoms with Crippen LogP contribution in [0.5, 0.6) is 0 Å². The number of anilines is 2. The second kappa shape index (κ2) is 14.3. The number of hydrogen-bond donors (Lipinski definition) is 2. The molecule has 0 aliphatic heterocycles. The van der Waals surface area contributed by atoms with E-state index < -0.39 is 20.2 Å². The van der Waals surface area contributed by atoms with E-state index in [-0.39, 0.29) is 48.2 Å². The van der Waals surface area contributed by atoms with E-state index in [9.17, 15) is 25.9 Å². The van der Waals surface area contributed by atoms with Crippen LogP contribution in [-0.2, 0) is 58.6 Å². The summed E-state index contributed by atoms with van der Waals surface area (Å²) in [5.41, 5.74) is 11.4. The molecule has 2 aromatic carbocycles. The standard InChI is InChI=1S/2C6H7NO3S.Ni.4H2O/c2*7-5-1-3-6(4-2-5)11(8,9)10;;;;;/h2*1-4H,7H2,(H,8,9,10);;4*1H2/q;;+2;;;;/p+2. The van der Waals surface area contributed by atoms with Crippen LogP contribution in [0, 0.1) is 0 Å². The van der Waals surface area contributed by atoms with Crippen molar-refractivity contribution in [3.8, 4) is 0 Å². The SMILES string of the molecule is Nc1ccc(S(=O)(=O)[O-])cc1.Nc1ccc(S(=O)(=O)[O-])cc1.[Ni+2].[OH3+].[OH3+].[OH3+].[OH3+]. The first-order chi connectivity index (χ1) is 10.00. The van der Waals surface area contributed by atoms with E-state index >= 15 is 0 Å². The molecule has 0 aliphatic carbocycles. The molecule has 12 nitrogen and oxygen atoms in total. The van der Waals surface area contributed by atoms with Crippen molar-refractivity contribution in [1.82, 2.24) is 0 Å². The molecule has 16 N–H and O–H groups in total. The van der Waals surface area contributed by atoms with Gasteiger partial charge < -0.3 is 42.5 Å². The van der Waals surface area contributed by atoms with E-state index in [1.165, 1.54) is 48.5 Å². The molecule has 0 heterocycles. The Morgan fingerprint density at radius 1 is 0.556 bits per heavy atom. The van der Waals surface area contributed by atoms with Gasteiger partial charge in [0.1, 0.15) is 20.2 Å². The maximum atomic E-state index is 10.3. The van der Waals surface area contributed by atoms with Crippen molar-refractivity contribution in [3.63, 3.8) is 0 Å². The third-order valence-corrected chi connectivity index (χ3v) is 4.04. The second-order valence-electron chi connectivity index (χ2n) is 4.05. The summed E-state index contributed by atoms with van der Waals surface area (Å²) in [6, 6.07) is 10.2. The third-order valence-electron chi connectivity index (χ3n) is 2.34. The monoisotopic (exact) mass is 478 g/mol. The van der Waals surface area contributed by atoms with Gasteiger partial charge in [0.05, 0.1) is 9.79 Å². The normalized spacial score (nSPS) is 9.26. The van der Waals surface area contributed by atoms with Gasteiger partial charge in [0, 0.05) is 11.4 Å². The van der Waals surface area contributed by atoms with Crippen molar-refractivity contribution in [3.05, 3.63) is 48.5 Å². The van der Waals surface area contributed by atoms with E-state index in [1.54, 1.807) is 0 Å². The van der Waals surface area contributed by atoms with Crippen LogP contribution in [0.1, 0.15) is 0 Å². The first-order valence-corrected chi connectivity index (χ1v) is 8.44. The molecule has 0 atom stereocenters. The summed E-state index contributed by atoms with van der Waals surface area (Å²) in [6.45, 7) is 0. The number of nitrogen functional groups attached to an aromatic ring is 2. The van der Waals surface area contributed by atoms with Crippen molar-refractivity contribution in [2.75, 3.05) is 11.5 Å². The van der Waals surface area contributed by atoms with Gasteiger partial charge in [-0.25, -0.2) is 16.8 Å². The zero-order valence-corrected chi connectivity index (χ0v) is 16.3. The molecular weight excluding hydrogens is 455 g/mol. The third kappa shape index (κ3) is 13.1. The van der Waals surface area contributed by atoms with Crippen LogP contribution in [0.25, 0.3) is 0 Å². The van der Waals surface area contributed by atoms with E-state index in [4.69, 9.17) is 11.5 Å². The smallest absolute Gasteiger partial charge is 0.744 e. The maximum absolute atomic E-state index is 10.3. The summed E-state index contributed by atoms with van der Waals surface area (Å²) in [6.07, 6.45) is 0. The number of rotatable bonds is 2. The molecule has 15 heteroatoms. The van der Waals surface area contributed by atoms with Gasteiger partial charge in [-0.1, -0.05) is 0 Å². The van der Waals surface area contributed by atoms with Crippen LogP contribution in [0.3, 0.4) is 0 Å². The quantitative estimate of drug-likeness (QED) is 0.189. The Morgan fingerprint density at radius 3 is 0.889 bits per heavy atom. The molecule has 160 valence electrons. The molecule has 0 saturated heterocycles. The average Bonchev–Trinajstić information content (AvgIpc) is 2.38. The molecule has 0 amide bonds. The van der Waals surface area contributed by atoms with Crippen LogP contribution < -0.4 is 11.5 Å². The molecule has 0 aliphatic rings. The van der Waals surface area contributed by atoms with Gasteiger partial charge >= 0.3 is 16.5 Å². The van der Waals surface area contributed by atoms with E-state index in [1.807, 2.05) is 0 Å². The number of hydrogen-bond acceptors (Lipinski definition) is 8. The van der Waals surface area contributed by atoms with Gasteiger partial charge in [-0.3, -0.25) is 0 Å². The Kier molecular flexibility index (Phi) is 19.1. The largest absolute Gasteiger partial charge is 2.00 e. The fraction of sp³-hybridized carbons (Fsp3) is 0. The van der Waals surface area contributed by atoms with Gasteiger partial charge in [0.15, 0.2) is 0 Å². The first kappa shape index (κ1) is 36.2. The van der Waals surface area contributed by atoms with Crippen molar-refractivity contribution in [2.45, 2.75) is 9.79 Å². The fourth-order valence-corrected chi connectivity index (χ4v) is 2.21. The predicted octanol–water partition coefficient (Wildman–Crippen LogP) is -3.34. The van der Waals surface area contributed by atoms with Crippen LogP contribution in [0.15, 0.2) is 58.3 Å². The van der Waals surface area contributed by atoms with Gasteiger partial charge in [-0.15, -0.1) is 0 Å². The van der Waals surface area contributed by atoms with Gasteiger partial charge in [-0.05, 0) is 48.5 Å². The summed E-state index contributed by atoms with van der Waals surface area (Å²) >= 11 is 0. The fourth-order valence-electron chi connectivity index (χ4n) is 1.27. The summed E-state index contributed by atoms with van der Waals surface area (Å²) < 4.78 is 62.1. The molecule has 0 fully saturated rings. The van der Waals surface area contributed by atoms with Gasteiger partial charge in [-0.2, -0.15) is 0 Å². The van der Waals surface area contributed by atoms with Gasteiger partial charge in [0.25, 0.3) is 0 Å². The number of benzene rings is 2. The Hall–Kier alpha value is -1.81.